The summed E-state index contributed by atoms with van der Waals surface area (Å²) < 4.78 is 33.9. The summed E-state index contributed by atoms with van der Waals surface area (Å²) in [5, 5.41) is 0. The quantitative estimate of drug-likeness (QED) is 0.557. The van der Waals surface area contributed by atoms with Gasteiger partial charge in [-0.2, -0.15) is 13.2 Å². The van der Waals surface area contributed by atoms with E-state index in [2.05, 4.69) is 11.8 Å². The minimum Gasteiger partial charge on any atom is -0.222 e. The second kappa shape index (κ2) is 2.55. The van der Waals surface area contributed by atoms with Gasteiger partial charge in [-0.25, -0.2) is 4.84 Å². The molecular formula is C3H5ClF3N. The molecule has 0 bridgehead atoms. The van der Waals surface area contributed by atoms with Gasteiger partial charge in [0, 0.05) is 0 Å². The highest BCUT2D eigenvalue weighted by Gasteiger charge is 2.35. The van der Waals surface area contributed by atoms with E-state index in [1.807, 2.05) is 0 Å². The standard InChI is InChI=1S/C3H5ClF3N/c1-2(8-4)3(5,6)7/h2,8H,1H3/t2-/m0/s1. The SMILES string of the molecule is C[C@H](NCl)C(F)(F)F. The molecule has 1 N–H and O–H groups in total. The van der Waals surface area contributed by atoms with Gasteiger partial charge in [-0.05, 0) is 18.7 Å². The van der Waals surface area contributed by atoms with Crippen LogP contribution >= 0.6 is 11.8 Å². The minimum absolute atomic E-state index is 0.938. The van der Waals surface area contributed by atoms with Crippen molar-refractivity contribution in [2.75, 3.05) is 0 Å². The van der Waals surface area contributed by atoms with Crippen LogP contribution in [0.1, 0.15) is 6.92 Å². The molecule has 0 unspecified atom stereocenters. The third kappa shape index (κ3) is 2.37. The van der Waals surface area contributed by atoms with Crippen molar-refractivity contribution < 1.29 is 13.2 Å². The van der Waals surface area contributed by atoms with Crippen LogP contribution in [0.3, 0.4) is 0 Å². The summed E-state index contributed by atoms with van der Waals surface area (Å²) in [5.74, 6) is 0. The summed E-state index contributed by atoms with van der Waals surface area (Å²) in [5.41, 5.74) is 0. The van der Waals surface area contributed by atoms with E-state index in [-0.39, 0.29) is 0 Å². The minimum atomic E-state index is -4.23. The van der Waals surface area contributed by atoms with Crippen LogP contribution < -0.4 is 4.84 Å². The van der Waals surface area contributed by atoms with Crippen LogP contribution in [0.4, 0.5) is 13.2 Å². The molecule has 5 heteroatoms. The monoisotopic (exact) mass is 147 g/mol. The van der Waals surface area contributed by atoms with Crippen molar-refractivity contribution in [2.45, 2.75) is 19.1 Å². The largest absolute Gasteiger partial charge is 0.404 e. The predicted octanol–water partition coefficient (Wildman–Crippen LogP) is 1.68. The summed E-state index contributed by atoms with van der Waals surface area (Å²) in [6.45, 7) is 0.938. The van der Waals surface area contributed by atoms with Gasteiger partial charge in [-0.1, -0.05) is 0 Å². The van der Waals surface area contributed by atoms with Crippen LogP contribution in [-0.4, -0.2) is 12.2 Å². The molecule has 0 aromatic rings. The maximum atomic E-state index is 11.3. The molecule has 0 saturated heterocycles. The van der Waals surface area contributed by atoms with Crippen molar-refractivity contribution in [1.29, 1.82) is 0 Å². The Morgan fingerprint density at radius 2 is 1.88 bits per heavy atom. The molecule has 0 amide bonds. The van der Waals surface area contributed by atoms with E-state index in [1.165, 1.54) is 0 Å². The van der Waals surface area contributed by atoms with Crippen molar-refractivity contribution in [2.24, 2.45) is 0 Å². The maximum Gasteiger partial charge on any atom is 0.404 e. The Kier molecular flexibility index (Phi) is 2.56. The van der Waals surface area contributed by atoms with Crippen LogP contribution in [0.15, 0.2) is 0 Å². The molecule has 0 fully saturated rings. The molecule has 0 aliphatic carbocycles. The zero-order chi connectivity index (χ0) is 6.78. The van der Waals surface area contributed by atoms with E-state index >= 15 is 0 Å². The summed E-state index contributed by atoms with van der Waals surface area (Å²) in [7, 11) is 0. The molecule has 0 aliphatic heterocycles. The molecule has 50 valence electrons. The Hall–Kier alpha value is 0.0400. The van der Waals surface area contributed by atoms with Gasteiger partial charge >= 0.3 is 6.18 Å². The molecular weight excluding hydrogens is 142 g/mol. The number of hydrogen-bond donors (Lipinski definition) is 1. The molecule has 0 saturated carbocycles. The van der Waals surface area contributed by atoms with Crippen LogP contribution in [0.2, 0.25) is 0 Å². The summed E-state index contributed by atoms with van der Waals surface area (Å²) in [4.78, 5) is 1.55. The predicted molar refractivity (Wildman–Crippen MR) is 24.5 cm³/mol. The average molecular weight is 148 g/mol. The first-order valence-corrected chi connectivity index (χ1v) is 2.29. The van der Waals surface area contributed by atoms with E-state index in [9.17, 15) is 13.2 Å². The summed E-state index contributed by atoms with van der Waals surface area (Å²) in [6, 6.07) is -1.64. The second-order valence-electron chi connectivity index (χ2n) is 1.37. The Bertz CT molecular complexity index is 71.4. The molecule has 8 heavy (non-hydrogen) atoms. The first-order valence-electron chi connectivity index (χ1n) is 1.91. The van der Waals surface area contributed by atoms with E-state index in [0.29, 0.717) is 0 Å². The van der Waals surface area contributed by atoms with Crippen molar-refractivity contribution in [3.63, 3.8) is 0 Å². The van der Waals surface area contributed by atoms with Crippen molar-refractivity contribution in [1.82, 2.24) is 4.84 Å². The normalized spacial score (nSPS) is 16.1. The van der Waals surface area contributed by atoms with Crippen molar-refractivity contribution >= 4 is 11.8 Å². The molecule has 0 aromatic carbocycles. The van der Waals surface area contributed by atoms with Crippen LogP contribution in [0.5, 0.6) is 0 Å². The van der Waals surface area contributed by atoms with Crippen LogP contribution in [0, 0.1) is 0 Å². The third-order valence-corrected chi connectivity index (χ3v) is 0.982. The lowest BCUT2D eigenvalue weighted by Crippen LogP contribution is -2.34. The van der Waals surface area contributed by atoms with Gasteiger partial charge < -0.3 is 0 Å². The average Bonchev–Trinajstić information content (AvgIpc) is 1.62. The molecule has 0 spiro atoms. The maximum absolute atomic E-state index is 11.3. The van der Waals surface area contributed by atoms with E-state index in [4.69, 9.17) is 0 Å². The van der Waals surface area contributed by atoms with E-state index in [0.717, 1.165) is 6.92 Å². The summed E-state index contributed by atoms with van der Waals surface area (Å²) in [6.07, 6.45) is -4.23. The van der Waals surface area contributed by atoms with Gasteiger partial charge in [0.2, 0.25) is 0 Å². The number of nitrogens with one attached hydrogen (secondary N) is 1. The molecule has 1 nitrogen and oxygen atoms in total. The Morgan fingerprint density at radius 3 is 1.88 bits per heavy atom. The summed E-state index contributed by atoms with van der Waals surface area (Å²) >= 11 is 4.67. The molecule has 1 atom stereocenters. The highest BCUT2D eigenvalue weighted by molar-refractivity contribution is 6.13. The first kappa shape index (κ1) is 8.04. The van der Waals surface area contributed by atoms with Gasteiger partial charge in [0.15, 0.2) is 0 Å². The fourth-order valence-electron chi connectivity index (χ4n) is 0.0619. The number of halogens is 4. The highest BCUT2D eigenvalue weighted by atomic mass is 35.5. The molecule has 0 aliphatic rings. The van der Waals surface area contributed by atoms with E-state index in [1.54, 1.807) is 4.84 Å². The van der Waals surface area contributed by atoms with Gasteiger partial charge in [0.05, 0.1) is 0 Å². The number of rotatable bonds is 1. The van der Waals surface area contributed by atoms with Gasteiger partial charge in [-0.15, -0.1) is 0 Å². The topological polar surface area (TPSA) is 12.0 Å². The fraction of sp³-hybridized carbons (Fsp3) is 1.00. The van der Waals surface area contributed by atoms with Gasteiger partial charge in [-0.3, -0.25) is 0 Å². The van der Waals surface area contributed by atoms with Crippen LogP contribution in [-0.2, 0) is 0 Å². The van der Waals surface area contributed by atoms with Crippen molar-refractivity contribution in [3.05, 3.63) is 0 Å². The number of hydrogen-bond acceptors (Lipinski definition) is 1. The molecule has 0 radical (unpaired) electrons. The lowest BCUT2D eigenvalue weighted by molar-refractivity contribution is -0.146. The van der Waals surface area contributed by atoms with Crippen molar-refractivity contribution in [3.8, 4) is 0 Å². The Balaban J connectivity index is 3.62. The molecule has 0 rings (SSSR count). The van der Waals surface area contributed by atoms with Gasteiger partial charge in [0.25, 0.3) is 0 Å². The smallest absolute Gasteiger partial charge is 0.222 e. The third-order valence-electron chi connectivity index (χ3n) is 0.655. The highest BCUT2D eigenvalue weighted by Crippen LogP contribution is 2.19. The molecule has 0 heterocycles. The zero-order valence-corrected chi connectivity index (χ0v) is 4.85. The number of alkyl halides is 3. The van der Waals surface area contributed by atoms with Crippen LogP contribution in [0.25, 0.3) is 0 Å². The Labute approximate surface area is 49.9 Å². The molecule has 0 aromatic heterocycles. The Morgan fingerprint density at radius 1 is 1.50 bits per heavy atom. The fourth-order valence-corrected chi connectivity index (χ4v) is 0.186. The van der Waals surface area contributed by atoms with E-state index < -0.39 is 12.2 Å². The van der Waals surface area contributed by atoms with Gasteiger partial charge in [0.1, 0.15) is 6.04 Å². The lowest BCUT2D eigenvalue weighted by Gasteiger charge is -2.11. The zero-order valence-electron chi connectivity index (χ0n) is 4.09. The first-order chi connectivity index (χ1) is 3.48. The second-order valence-corrected chi connectivity index (χ2v) is 1.59. The lowest BCUT2D eigenvalue weighted by atomic mass is 10.4.